The van der Waals surface area contributed by atoms with Crippen LogP contribution >= 0.6 is 0 Å². The van der Waals surface area contributed by atoms with Gasteiger partial charge in [0.2, 0.25) is 5.91 Å². The standard InChI is InChI=1S/C17H27NO3/c1-12(2)16(19)11-18-17(20)6-5-9-21-15-8-7-13(3)14(4)10-15/h7-8,10,12,16,19H,5-6,9,11H2,1-4H3,(H,18,20). The van der Waals surface area contributed by atoms with E-state index in [-0.39, 0.29) is 11.8 Å². The topological polar surface area (TPSA) is 58.6 Å². The average molecular weight is 293 g/mol. The van der Waals surface area contributed by atoms with Crippen molar-refractivity contribution in [1.29, 1.82) is 0 Å². The number of benzene rings is 1. The molecule has 0 aliphatic rings. The smallest absolute Gasteiger partial charge is 0.220 e. The number of aliphatic hydroxyl groups excluding tert-OH is 1. The maximum Gasteiger partial charge on any atom is 0.220 e. The molecule has 21 heavy (non-hydrogen) atoms. The first-order chi connectivity index (χ1) is 9.90. The zero-order valence-corrected chi connectivity index (χ0v) is 13.5. The third-order valence-electron chi connectivity index (χ3n) is 3.57. The fraction of sp³-hybridized carbons (Fsp3) is 0.588. The number of hydrogen-bond donors (Lipinski definition) is 2. The van der Waals surface area contributed by atoms with Crippen molar-refractivity contribution in [3.8, 4) is 5.75 Å². The Morgan fingerprint density at radius 3 is 2.62 bits per heavy atom. The molecule has 1 unspecified atom stereocenters. The largest absolute Gasteiger partial charge is 0.494 e. The average Bonchev–Trinajstić information content (AvgIpc) is 2.44. The van der Waals surface area contributed by atoms with Crippen molar-refractivity contribution in [3.05, 3.63) is 29.3 Å². The minimum absolute atomic E-state index is 0.0432. The molecule has 0 radical (unpaired) electrons. The maximum absolute atomic E-state index is 11.6. The molecular weight excluding hydrogens is 266 g/mol. The van der Waals surface area contributed by atoms with Crippen LogP contribution in [0.1, 0.15) is 37.8 Å². The van der Waals surface area contributed by atoms with E-state index >= 15 is 0 Å². The van der Waals surface area contributed by atoms with E-state index in [2.05, 4.69) is 19.2 Å². The Morgan fingerprint density at radius 2 is 2.00 bits per heavy atom. The molecule has 0 saturated heterocycles. The Morgan fingerprint density at radius 1 is 1.29 bits per heavy atom. The van der Waals surface area contributed by atoms with Crippen LogP contribution in [-0.2, 0) is 4.79 Å². The summed E-state index contributed by atoms with van der Waals surface area (Å²) in [5.41, 5.74) is 2.44. The number of ether oxygens (including phenoxy) is 1. The Labute approximate surface area is 127 Å². The molecule has 4 heteroatoms. The molecule has 0 spiro atoms. The van der Waals surface area contributed by atoms with E-state index in [9.17, 15) is 9.90 Å². The summed E-state index contributed by atoms with van der Waals surface area (Å²) in [7, 11) is 0. The lowest BCUT2D eigenvalue weighted by atomic mass is 10.1. The summed E-state index contributed by atoms with van der Waals surface area (Å²) in [6, 6.07) is 5.99. The van der Waals surface area contributed by atoms with Crippen molar-refractivity contribution in [3.63, 3.8) is 0 Å². The number of hydrogen-bond acceptors (Lipinski definition) is 3. The summed E-state index contributed by atoms with van der Waals surface area (Å²) in [5, 5.41) is 12.3. The fourth-order valence-electron chi connectivity index (χ4n) is 1.77. The molecule has 0 aromatic heterocycles. The summed E-state index contributed by atoms with van der Waals surface area (Å²) >= 11 is 0. The third-order valence-corrected chi connectivity index (χ3v) is 3.57. The summed E-state index contributed by atoms with van der Waals surface area (Å²) in [5.74, 6) is 0.950. The van der Waals surface area contributed by atoms with Gasteiger partial charge in [0.05, 0.1) is 12.7 Å². The number of carbonyl (C=O) groups excluding carboxylic acids is 1. The first-order valence-corrected chi connectivity index (χ1v) is 7.55. The lowest BCUT2D eigenvalue weighted by Gasteiger charge is -2.15. The molecule has 1 aromatic rings. The van der Waals surface area contributed by atoms with Gasteiger partial charge in [0.1, 0.15) is 5.75 Å². The second-order valence-electron chi connectivity index (χ2n) is 5.81. The van der Waals surface area contributed by atoms with Crippen LogP contribution in [0, 0.1) is 19.8 Å². The number of aryl methyl sites for hydroxylation is 2. The third kappa shape index (κ3) is 6.63. The van der Waals surface area contributed by atoms with Gasteiger partial charge in [-0.3, -0.25) is 4.79 Å². The van der Waals surface area contributed by atoms with E-state index in [4.69, 9.17) is 4.74 Å². The van der Waals surface area contributed by atoms with E-state index in [1.165, 1.54) is 11.1 Å². The highest BCUT2D eigenvalue weighted by Gasteiger charge is 2.10. The van der Waals surface area contributed by atoms with Crippen molar-refractivity contribution in [2.24, 2.45) is 5.92 Å². The van der Waals surface area contributed by atoms with Crippen LogP contribution in [0.3, 0.4) is 0 Å². The van der Waals surface area contributed by atoms with Crippen molar-refractivity contribution in [1.82, 2.24) is 5.32 Å². The van der Waals surface area contributed by atoms with Gasteiger partial charge in [0.25, 0.3) is 0 Å². The van der Waals surface area contributed by atoms with Crippen LogP contribution < -0.4 is 10.1 Å². The van der Waals surface area contributed by atoms with Crippen LogP contribution in [0.15, 0.2) is 18.2 Å². The molecule has 0 heterocycles. The maximum atomic E-state index is 11.6. The Hall–Kier alpha value is -1.55. The molecule has 0 saturated carbocycles. The van der Waals surface area contributed by atoms with Gasteiger partial charge in [-0.1, -0.05) is 19.9 Å². The summed E-state index contributed by atoms with van der Waals surface area (Å²) in [4.78, 5) is 11.6. The monoisotopic (exact) mass is 293 g/mol. The van der Waals surface area contributed by atoms with Crippen molar-refractivity contribution < 1.29 is 14.6 Å². The molecule has 0 bridgehead atoms. The Bertz CT molecular complexity index is 457. The van der Waals surface area contributed by atoms with Crippen LogP contribution in [0.2, 0.25) is 0 Å². The minimum atomic E-state index is -0.485. The highest BCUT2D eigenvalue weighted by Crippen LogP contribution is 2.16. The van der Waals surface area contributed by atoms with Gasteiger partial charge < -0.3 is 15.2 Å². The van der Waals surface area contributed by atoms with Gasteiger partial charge in [-0.05, 0) is 49.4 Å². The predicted molar refractivity (Wildman–Crippen MR) is 84.5 cm³/mol. The van der Waals surface area contributed by atoms with E-state index in [0.29, 0.717) is 26.0 Å². The second-order valence-corrected chi connectivity index (χ2v) is 5.81. The number of aliphatic hydroxyl groups is 1. The minimum Gasteiger partial charge on any atom is -0.494 e. The number of carbonyl (C=O) groups is 1. The number of nitrogens with one attached hydrogen (secondary N) is 1. The van der Waals surface area contributed by atoms with Crippen molar-refractivity contribution in [2.45, 2.75) is 46.6 Å². The van der Waals surface area contributed by atoms with Crippen LogP contribution in [0.5, 0.6) is 5.75 Å². The first kappa shape index (κ1) is 17.5. The number of amides is 1. The molecule has 0 aliphatic heterocycles. The van der Waals surface area contributed by atoms with E-state index in [0.717, 1.165) is 5.75 Å². The van der Waals surface area contributed by atoms with Crippen molar-refractivity contribution >= 4 is 5.91 Å². The van der Waals surface area contributed by atoms with Crippen LogP contribution in [0.25, 0.3) is 0 Å². The molecule has 1 rings (SSSR count). The highest BCUT2D eigenvalue weighted by molar-refractivity contribution is 5.75. The molecule has 0 fully saturated rings. The zero-order valence-electron chi connectivity index (χ0n) is 13.5. The van der Waals surface area contributed by atoms with E-state index in [1.807, 2.05) is 32.0 Å². The second kappa shape index (κ2) is 8.67. The lowest BCUT2D eigenvalue weighted by Crippen LogP contribution is -2.34. The van der Waals surface area contributed by atoms with Gasteiger partial charge in [-0.2, -0.15) is 0 Å². The highest BCUT2D eigenvalue weighted by atomic mass is 16.5. The molecule has 1 amide bonds. The van der Waals surface area contributed by atoms with Crippen molar-refractivity contribution in [2.75, 3.05) is 13.2 Å². The van der Waals surface area contributed by atoms with Crippen LogP contribution in [0.4, 0.5) is 0 Å². The van der Waals surface area contributed by atoms with Gasteiger partial charge >= 0.3 is 0 Å². The summed E-state index contributed by atoms with van der Waals surface area (Å²) in [6.45, 7) is 8.80. The molecule has 4 nitrogen and oxygen atoms in total. The SMILES string of the molecule is Cc1ccc(OCCCC(=O)NCC(O)C(C)C)cc1C. The quantitative estimate of drug-likeness (QED) is 0.724. The normalized spacial score (nSPS) is 12.3. The lowest BCUT2D eigenvalue weighted by molar-refractivity contribution is -0.121. The molecule has 2 N–H and O–H groups in total. The molecule has 1 aromatic carbocycles. The molecule has 0 aliphatic carbocycles. The van der Waals surface area contributed by atoms with Gasteiger partial charge in [0.15, 0.2) is 0 Å². The molecular formula is C17H27NO3. The Balaban J connectivity index is 2.18. The summed E-state index contributed by atoms with van der Waals surface area (Å²) < 4.78 is 5.63. The van der Waals surface area contributed by atoms with Gasteiger partial charge in [-0.25, -0.2) is 0 Å². The van der Waals surface area contributed by atoms with E-state index < -0.39 is 6.10 Å². The molecule has 1 atom stereocenters. The van der Waals surface area contributed by atoms with E-state index in [1.54, 1.807) is 0 Å². The first-order valence-electron chi connectivity index (χ1n) is 7.55. The van der Waals surface area contributed by atoms with Crippen LogP contribution in [-0.4, -0.2) is 30.3 Å². The summed E-state index contributed by atoms with van der Waals surface area (Å²) in [6.07, 6.45) is 0.590. The van der Waals surface area contributed by atoms with Gasteiger partial charge in [-0.15, -0.1) is 0 Å². The zero-order chi connectivity index (χ0) is 15.8. The fourth-order valence-corrected chi connectivity index (χ4v) is 1.77. The number of rotatable bonds is 8. The molecule has 118 valence electrons. The predicted octanol–water partition coefficient (Wildman–Crippen LogP) is 2.60. The Kier molecular flexibility index (Phi) is 7.23. The van der Waals surface area contributed by atoms with Gasteiger partial charge in [0, 0.05) is 13.0 Å².